The highest BCUT2D eigenvalue weighted by atomic mass is 32.3. The molecule has 0 amide bonds. The van der Waals surface area contributed by atoms with E-state index in [1.807, 2.05) is 76.2 Å². The molecule has 0 saturated heterocycles. The van der Waals surface area contributed by atoms with E-state index in [2.05, 4.69) is 95.4 Å². The molecule has 0 aliphatic carbocycles. The topological polar surface area (TPSA) is 77.3 Å². The summed E-state index contributed by atoms with van der Waals surface area (Å²) in [7, 11) is -11.1. The van der Waals surface area contributed by atoms with Crippen LogP contribution in [0.5, 0.6) is 0 Å². The second-order valence-corrected chi connectivity index (χ2v) is 33.4. The SMILES string of the molecule is Cc1ccc(S(=O)(=N[C@H](CO[Si](C)(C)C(C)(C)C)C(C)C)C(C)(C)S(=O)(=N[C@H](CO[Si](C)(C)C(C)(C)C)C(C)C)c2ccc(C)cc2)cc1. The molecule has 4 atom stereocenters. The Morgan fingerprint density at radius 1 is 0.571 bits per heavy atom. The van der Waals surface area contributed by atoms with Crippen molar-refractivity contribution in [2.45, 2.75) is 159 Å². The van der Waals surface area contributed by atoms with Crippen molar-refractivity contribution >= 4 is 36.1 Å². The Labute approximate surface area is 304 Å². The van der Waals surface area contributed by atoms with Crippen LogP contribution in [0.3, 0.4) is 0 Å². The summed E-state index contributed by atoms with van der Waals surface area (Å²) in [4.78, 5) is 1.13. The van der Waals surface area contributed by atoms with Gasteiger partial charge in [-0.1, -0.05) is 105 Å². The molecule has 0 aliphatic heterocycles. The molecule has 2 aromatic rings. The zero-order valence-corrected chi connectivity index (χ0v) is 37.8. The van der Waals surface area contributed by atoms with Gasteiger partial charge in [0.15, 0.2) is 16.6 Å². The van der Waals surface area contributed by atoms with Crippen molar-refractivity contribution in [2.75, 3.05) is 13.2 Å². The zero-order chi connectivity index (χ0) is 38.0. The van der Waals surface area contributed by atoms with Crippen LogP contribution in [0.1, 0.15) is 94.2 Å². The predicted octanol–water partition coefficient (Wildman–Crippen LogP) is 11.5. The lowest BCUT2D eigenvalue weighted by Gasteiger charge is -2.39. The van der Waals surface area contributed by atoms with Crippen molar-refractivity contribution in [3.8, 4) is 0 Å². The largest absolute Gasteiger partial charge is 0.415 e. The van der Waals surface area contributed by atoms with Crippen molar-refractivity contribution in [1.82, 2.24) is 0 Å². The van der Waals surface area contributed by atoms with E-state index in [1.165, 1.54) is 0 Å². The molecule has 0 aliphatic rings. The first-order chi connectivity index (χ1) is 22.0. The summed E-state index contributed by atoms with van der Waals surface area (Å²) >= 11 is 0. The van der Waals surface area contributed by atoms with E-state index in [-0.39, 0.29) is 34.0 Å². The lowest BCUT2D eigenvalue weighted by atomic mass is 10.1. The highest BCUT2D eigenvalue weighted by molar-refractivity contribution is 8.12. The molecule has 0 bridgehead atoms. The number of hydrogen-bond acceptors (Lipinski definition) is 6. The molecular formula is C39H70N2O4S2Si2. The molecule has 280 valence electrons. The van der Waals surface area contributed by atoms with E-state index in [0.29, 0.717) is 23.0 Å². The van der Waals surface area contributed by atoms with Crippen molar-refractivity contribution < 1.29 is 17.3 Å². The number of aryl methyl sites for hydroxylation is 2. The number of nitrogens with zero attached hydrogens (tertiary/aromatic N) is 2. The van der Waals surface area contributed by atoms with Crippen LogP contribution in [0, 0.1) is 25.7 Å². The van der Waals surface area contributed by atoms with Gasteiger partial charge in [0.25, 0.3) is 0 Å². The van der Waals surface area contributed by atoms with Crippen LogP contribution < -0.4 is 0 Å². The molecule has 0 saturated carbocycles. The maximum absolute atomic E-state index is 16.2. The van der Waals surface area contributed by atoms with Gasteiger partial charge in [0.2, 0.25) is 0 Å². The number of rotatable bonds is 14. The van der Waals surface area contributed by atoms with Crippen molar-refractivity contribution in [2.24, 2.45) is 20.6 Å². The molecule has 0 aromatic heterocycles. The van der Waals surface area contributed by atoms with E-state index < -0.39 is 40.2 Å². The second kappa shape index (κ2) is 15.7. The Hall–Kier alpha value is -1.31. The molecule has 0 fully saturated rings. The summed E-state index contributed by atoms with van der Waals surface area (Å²) in [5.41, 5.74) is 2.10. The van der Waals surface area contributed by atoms with Crippen LogP contribution in [0.25, 0.3) is 0 Å². The molecule has 2 unspecified atom stereocenters. The molecule has 10 heteroatoms. The van der Waals surface area contributed by atoms with Crippen molar-refractivity contribution in [3.05, 3.63) is 59.7 Å². The van der Waals surface area contributed by atoms with Gasteiger partial charge in [0.05, 0.1) is 44.8 Å². The van der Waals surface area contributed by atoms with Crippen LogP contribution in [-0.2, 0) is 28.3 Å². The second-order valence-electron chi connectivity index (χ2n) is 18.1. The smallest absolute Gasteiger partial charge is 0.192 e. The summed E-state index contributed by atoms with van der Waals surface area (Å²) in [6, 6.07) is 14.7. The quantitative estimate of drug-likeness (QED) is 0.180. The van der Waals surface area contributed by atoms with Gasteiger partial charge < -0.3 is 8.85 Å². The third-order valence-corrected chi connectivity index (χ3v) is 26.9. The van der Waals surface area contributed by atoms with Gasteiger partial charge in [0.1, 0.15) is 4.08 Å². The van der Waals surface area contributed by atoms with Gasteiger partial charge >= 0.3 is 0 Å². The standard InChI is InChI=1S/C39H70N2O4S2Si2/c1-29(2)35(27-44-48(15,16)37(7,8)9)40-46(42,33-23-19-31(5)20-24-33)39(13,14)47(43,34-25-21-32(6)22-26-34)41-36(30(3)4)28-45-49(17,18)38(10,11)12/h19-26,29-30,35-36H,27-28H2,1-18H3/t35-,36-,46?,47?/m1/s1. The van der Waals surface area contributed by atoms with Gasteiger partial charge in [-0.05, 0) is 100 Å². The summed E-state index contributed by atoms with van der Waals surface area (Å²) in [5, 5.41) is 0.0340. The van der Waals surface area contributed by atoms with E-state index in [9.17, 15) is 0 Å². The first-order valence-electron chi connectivity index (χ1n) is 18.0. The minimum Gasteiger partial charge on any atom is -0.415 e. The fraction of sp³-hybridized carbons (Fsp3) is 0.692. The molecule has 6 nitrogen and oxygen atoms in total. The molecule has 2 aromatic carbocycles. The van der Waals surface area contributed by atoms with Crippen LogP contribution in [0.15, 0.2) is 67.0 Å². The number of benzene rings is 2. The minimum atomic E-state index is -3.40. The van der Waals surface area contributed by atoms with Gasteiger partial charge in [-0.15, -0.1) is 0 Å². The Morgan fingerprint density at radius 3 is 1.06 bits per heavy atom. The van der Waals surface area contributed by atoms with Gasteiger partial charge in [0, 0.05) is 9.79 Å². The average Bonchev–Trinajstić information content (AvgIpc) is 2.96. The fourth-order valence-corrected chi connectivity index (χ4v) is 13.0. The molecule has 0 spiro atoms. The first kappa shape index (κ1) is 43.9. The third-order valence-electron chi connectivity index (χ3n) is 11.0. The van der Waals surface area contributed by atoms with Gasteiger partial charge in [-0.25, -0.2) is 17.1 Å². The molecule has 0 heterocycles. The normalized spacial score (nSPS) is 17.4. The average molecular weight is 751 g/mol. The van der Waals surface area contributed by atoms with Crippen molar-refractivity contribution in [3.63, 3.8) is 0 Å². The fourth-order valence-electron chi connectivity index (χ4n) is 4.63. The van der Waals surface area contributed by atoms with Crippen LogP contribution >= 0.6 is 0 Å². The highest BCUT2D eigenvalue weighted by Gasteiger charge is 2.47. The molecule has 0 radical (unpaired) electrons. The Balaban J connectivity index is 3.02. The predicted molar refractivity (Wildman–Crippen MR) is 218 cm³/mol. The highest BCUT2D eigenvalue weighted by Crippen LogP contribution is 2.42. The molecule has 2 rings (SSSR count). The molecular weight excluding hydrogens is 681 g/mol. The van der Waals surface area contributed by atoms with Gasteiger partial charge in [-0.2, -0.15) is 0 Å². The lowest BCUT2D eigenvalue weighted by molar-refractivity contribution is 0.240. The Bertz CT molecular complexity index is 1510. The Morgan fingerprint density at radius 2 is 0.837 bits per heavy atom. The maximum Gasteiger partial charge on any atom is 0.192 e. The van der Waals surface area contributed by atoms with Crippen LogP contribution in [0.2, 0.25) is 36.3 Å². The van der Waals surface area contributed by atoms with E-state index in [1.54, 1.807) is 0 Å². The summed E-state index contributed by atoms with van der Waals surface area (Å²) in [5.74, 6) is 0.0845. The maximum atomic E-state index is 16.2. The van der Waals surface area contributed by atoms with Crippen LogP contribution in [0.4, 0.5) is 0 Å². The molecule has 0 N–H and O–H groups in total. The third kappa shape index (κ3) is 9.98. The minimum absolute atomic E-state index is 0.0170. The van der Waals surface area contributed by atoms with Gasteiger partial charge in [-0.3, -0.25) is 0 Å². The van der Waals surface area contributed by atoms with Crippen LogP contribution in [-0.4, -0.2) is 54.4 Å². The summed E-state index contributed by atoms with van der Waals surface area (Å²) in [6.07, 6.45) is 0. The Kier molecular flexibility index (Phi) is 14.1. The zero-order valence-electron chi connectivity index (χ0n) is 34.2. The molecule has 49 heavy (non-hydrogen) atoms. The van der Waals surface area contributed by atoms with E-state index in [0.717, 1.165) is 11.1 Å². The lowest BCUT2D eigenvalue weighted by Crippen LogP contribution is -2.45. The number of hydrogen-bond donors (Lipinski definition) is 0. The summed E-state index contributed by atoms with van der Waals surface area (Å²) in [6.45, 7) is 39.0. The van der Waals surface area contributed by atoms with E-state index >= 15 is 8.42 Å². The first-order valence-corrected chi connectivity index (χ1v) is 26.8. The monoisotopic (exact) mass is 750 g/mol. The van der Waals surface area contributed by atoms with Crippen molar-refractivity contribution in [1.29, 1.82) is 0 Å². The summed E-state index contributed by atoms with van der Waals surface area (Å²) < 4.78 is 55.0. The van der Waals surface area contributed by atoms with E-state index in [4.69, 9.17) is 17.6 Å².